The zero-order valence-corrected chi connectivity index (χ0v) is 13.7. The van der Waals surface area contributed by atoms with Crippen molar-refractivity contribution in [3.63, 3.8) is 0 Å². The van der Waals surface area contributed by atoms with E-state index in [0.29, 0.717) is 17.6 Å². The van der Waals surface area contributed by atoms with Crippen molar-refractivity contribution in [2.45, 2.75) is 63.8 Å². The molecule has 3 fully saturated rings. The molecule has 0 bridgehead atoms. The number of amides is 1. The van der Waals surface area contributed by atoms with E-state index in [1.54, 1.807) is 0 Å². The smallest absolute Gasteiger partial charge is 0.223 e. The molecule has 3 nitrogen and oxygen atoms in total. The molecule has 0 aromatic rings. The lowest BCUT2D eigenvalue weighted by Gasteiger charge is -2.39. The molecule has 2 saturated heterocycles. The fourth-order valence-electron chi connectivity index (χ4n) is 4.25. The number of rotatable bonds is 3. The first kappa shape index (κ1) is 15.4. The summed E-state index contributed by atoms with van der Waals surface area (Å²) >= 11 is 2.01. The van der Waals surface area contributed by atoms with E-state index < -0.39 is 0 Å². The van der Waals surface area contributed by atoms with Crippen LogP contribution in [0.25, 0.3) is 0 Å². The van der Waals surface area contributed by atoms with Crippen LogP contribution in [0.2, 0.25) is 0 Å². The van der Waals surface area contributed by atoms with Gasteiger partial charge in [-0.25, -0.2) is 0 Å². The molecule has 118 valence electrons. The predicted octanol–water partition coefficient (Wildman–Crippen LogP) is 3.27. The molecular formula is C17H27NO2S. The van der Waals surface area contributed by atoms with Crippen molar-refractivity contribution in [2.75, 3.05) is 18.1 Å². The van der Waals surface area contributed by atoms with E-state index >= 15 is 0 Å². The molecule has 4 heteroatoms. The molecule has 2 aliphatic heterocycles. The SMILES string of the molecule is O=C1CCCC1C1CCCCN1C(=O)CC1CCSCC1. The second-order valence-corrected chi connectivity index (χ2v) is 8.10. The highest BCUT2D eigenvalue weighted by Gasteiger charge is 2.38. The number of Topliss-reactive ketones (excluding diaryl/α,β-unsaturated/α-hetero) is 1. The second kappa shape index (κ2) is 7.17. The Kier molecular flexibility index (Phi) is 5.25. The van der Waals surface area contributed by atoms with Crippen LogP contribution in [-0.4, -0.2) is 40.7 Å². The Morgan fingerprint density at radius 1 is 1.10 bits per heavy atom. The largest absolute Gasteiger partial charge is 0.339 e. The maximum Gasteiger partial charge on any atom is 0.223 e. The number of carbonyl (C=O) groups excluding carboxylic acids is 2. The van der Waals surface area contributed by atoms with Crippen LogP contribution >= 0.6 is 11.8 Å². The lowest BCUT2D eigenvalue weighted by Crippen LogP contribution is -2.49. The van der Waals surface area contributed by atoms with Gasteiger partial charge in [-0.05, 0) is 62.4 Å². The molecule has 0 aromatic carbocycles. The van der Waals surface area contributed by atoms with Gasteiger partial charge >= 0.3 is 0 Å². The molecule has 1 aliphatic carbocycles. The topological polar surface area (TPSA) is 37.4 Å². The number of thioether (sulfide) groups is 1. The minimum atomic E-state index is 0.149. The van der Waals surface area contributed by atoms with Crippen LogP contribution in [-0.2, 0) is 9.59 Å². The van der Waals surface area contributed by atoms with Crippen LogP contribution in [0.15, 0.2) is 0 Å². The lowest BCUT2D eigenvalue weighted by atomic mass is 9.87. The Bertz CT molecular complexity index is 392. The molecule has 1 saturated carbocycles. The Morgan fingerprint density at radius 3 is 2.62 bits per heavy atom. The molecule has 0 aromatic heterocycles. The van der Waals surface area contributed by atoms with Crippen LogP contribution < -0.4 is 0 Å². The van der Waals surface area contributed by atoms with Crippen LogP contribution in [0, 0.1) is 11.8 Å². The summed E-state index contributed by atoms with van der Waals surface area (Å²) in [5.41, 5.74) is 0. The van der Waals surface area contributed by atoms with Crippen molar-refractivity contribution >= 4 is 23.5 Å². The number of likely N-dealkylation sites (tertiary alicyclic amines) is 1. The molecule has 2 atom stereocenters. The molecule has 2 heterocycles. The van der Waals surface area contributed by atoms with Crippen LogP contribution in [0.4, 0.5) is 0 Å². The number of hydrogen-bond acceptors (Lipinski definition) is 3. The first-order chi connectivity index (χ1) is 10.3. The number of piperidine rings is 1. The lowest BCUT2D eigenvalue weighted by molar-refractivity contribution is -0.138. The highest BCUT2D eigenvalue weighted by molar-refractivity contribution is 7.99. The van der Waals surface area contributed by atoms with Gasteiger partial charge in [0.05, 0.1) is 0 Å². The Hall–Kier alpha value is -0.510. The van der Waals surface area contributed by atoms with Crippen molar-refractivity contribution in [1.29, 1.82) is 0 Å². The van der Waals surface area contributed by atoms with E-state index in [4.69, 9.17) is 0 Å². The number of ketones is 1. The fraction of sp³-hybridized carbons (Fsp3) is 0.882. The first-order valence-electron chi connectivity index (χ1n) is 8.65. The minimum Gasteiger partial charge on any atom is -0.339 e. The van der Waals surface area contributed by atoms with Gasteiger partial charge in [0.25, 0.3) is 0 Å². The predicted molar refractivity (Wildman–Crippen MR) is 86.4 cm³/mol. The minimum absolute atomic E-state index is 0.149. The average Bonchev–Trinajstić information content (AvgIpc) is 2.94. The third-order valence-electron chi connectivity index (χ3n) is 5.49. The number of carbonyl (C=O) groups is 2. The third kappa shape index (κ3) is 3.64. The zero-order chi connectivity index (χ0) is 14.7. The summed E-state index contributed by atoms with van der Waals surface area (Å²) in [7, 11) is 0. The third-order valence-corrected chi connectivity index (χ3v) is 6.54. The summed E-state index contributed by atoms with van der Waals surface area (Å²) in [6, 6.07) is 0.221. The summed E-state index contributed by atoms with van der Waals surface area (Å²) < 4.78 is 0. The molecule has 3 rings (SSSR count). The number of hydrogen-bond donors (Lipinski definition) is 0. The fourth-order valence-corrected chi connectivity index (χ4v) is 5.45. The summed E-state index contributed by atoms with van der Waals surface area (Å²) in [5.74, 6) is 3.90. The van der Waals surface area contributed by atoms with Crippen molar-refractivity contribution in [3.8, 4) is 0 Å². The molecule has 21 heavy (non-hydrogen) atoms. The van der Waals surface area contributed by atoms with Crippen molar-refractivity contribution in [2.24, 2.45) is 11.8 Å². The maximum absolute atomic E-state index is 12.7. The standard InChI is InChI=1S/C17H27NO2S/c19-16-6-3-4-14(16)15-5-1-2-9-18(15)17(20)12-13-7-10-21-11-8-13/h13-15H,1-12H2. The number of nitrogens with zero attached hydrogens (tertiary/aromatic N) is 1. The van der Waals surface area contributed by atoms with Crippen LogP contribution in [0.3, 0.4) is 0 Å². The van der Waals surface area contributed by atoms with Gasteiger partial charge in [-0.2, -0.15) is 11.8 Å². The maximum atomic E-state index is 12.7. The molecule has 0 radical (unpaired) electrons. The first-order valence-corrected chi connectivity index (χ1v) is 9.81. The molecule has 1 amide bonds. The molecule has 0 spiro atoms. The molecule has 3 aliphatic rings. The van der Waals surface area contributed by atoms with Gasteiger partial charge in [0.1, 0.15) is 5.78 Å². The van der Waals surface area contributed by atoms with Crippen molar-refractivity contribution in [3.05, 3.63) is 0 Å². The molecular weight excluding hydrogens is 282 g/mol. The normalized spacial score (nSPS) is 31.6. The van der Waals surface area contributed by atoms with E-state index in [2.05, 4.69) is 4.90 Å². The van der Waals surface area contributed by atoms with E-state index in [0.717, 1.165) is 45.1 Å². The van der Waals surface area contributed by atoms with Gasteiger partial charge in [0, 0.05) is 31.3 Å². The van der Waals surface area contributed by atoms with E-state index in [9.17, 15) is 9.59 Å². The molecule has 2 unspecified atom stereocenters. The molecule has 0 N–H and O–H groups in total. The van der Waals surface area contributed by atoms with E-state index in [1.165, 1.54) is 30.8 Å². The van der Waals surface area contributed by atoms with Crippen LogP contribution in [0.5, 0.6) is 0 Å². The Labute approximate surface area is 132 Å². The van der Waals surface area contributed by atoms with Crippen molar-refractivity contribution < 1.29 is 9.59 Å². The van der Waals surface area contributed by atoms with Gasteiger partial charge in [-0.15, -0.1) is 0 Å². The van der Waals surface area contributed by atoms with Gasteiger partial charge in [0.2, 0.25) is 5.91 Å². The summed E-state index contributed by atoms with van der Waals surface area (Å²) in [6.07, 6.45) is 9.22. The van der Waals surface area contributed by atoms with Gasteiger partial charge in [-0.3, -0.25) is 9.59 Å². The van der Waals surface area contributed by atoms with Gasteiger partial charge in [0.15, 0.2) is 0 Å². The summed E-state index contributed by atoms with van der Waals surface area (Å²) in [5, 5.41) is 0. The summed E-state index contributed by atoms with van der Waals surface area (Å²) in [4.78, 5) is 26.9. The monoisotopic (exact) mass is 309 g/mol. The quantitative estimate of drug-likeness (QED) is 0.803. The van der Waals surface area contributed by atoms with Crippen molar-refractivity contribution in [1.82, 2.24) is 4.90 Å². The highest BCUT2D eigenvalue weighted by Crippen LogP contribution is 2.34. The van der Waals surface area contributed by atoms with Gasteiger partial charge in [-0.1, -0.05) is 0 Å². The average molecular weight is 309 g/mol. The van der Waals surface area contributed by atoms with Crippen LogP contribution in [0.1, 0.15) is 57.8 Å². The summed E-state index contributed by atoms with van der Waals surface area (Å²) in [6.45, 7) is 0.884. The Morgan fingerprint density at radius 2 is 1.90 bits per heavy atom. The highest BCUT2D eigenvalue weighted by atomic mass is 32.2. The zero-order valence-electron chi connectivity index (χ0n) is 12.9. The van der Waals surface area contributed by atoms with E-state index in [1.807, 2.05) is 11.8 Å². The second-order valence-electron chi connectivity index (χ2n) is 6.88. The van der Waals surface area contributed by atoms with E-state index in [-0.39, 0.29) is 12.0 Å². The Balaban J connectivity index is 1.62. The van der Waals surface area contributed by atoms with Gasteiger partial charge < -0.3 is 4.90 Å².